The standard InChI is InChI=1S/C21H26N4O3S/c1-12-16(13(2)25(4)24-12)10-19(26)28-14(3)20(27)23-21-17(11-22)15-8-6-5-7-9-18(15)29-21/h14H,5-10H2,1-4H3,(H,23,27). The molecule has 3 rings (SSSR count). The molecule has 0 bridgehead atoms. The molecule has 0 spiro atoms. The number of ether oxygens (including phenoxy) is 1. The minimum Gasteiger partial charge on any atom is -0.452 e. The number of nitriles is 1. The van der Waals surface area contributed by atoms with Crippen LogP contribution in [0.4, 0.5) is 5.00 Å². The Hall–Kier alpha value is -2.66. The largest absolute Gasteiger partial charge is 0.452 e. The molecule has 2 aromatic rings. The molecule has 1 N–H and O–H groups in total. The number of aryl methyl sites for hydroxylation is 3. The predicted molar refractivity (Wildman–Crippen MR) is 111 cm³/mol. The van der Waals surface area contributed by atoms with Gasteiger partial charge in [0.1, 0.15) is 11.1 Å². The zero-order chi connectivity index (χ0) is 21.1. The van der Waals surface area contributed by atoms with E-state index in [1.54, 1.807) is 11.6 Å². The highest BCUT2D eigenvalue weighted by atomic mass is 32.1. The van der Waals surface area contributed by atoms with Crippen LogP contribution in [0.15, 0.2) is 0 Å². The molecule has 1 aliphatic rings. The van der Waals surface area contributed by atoms with Crippen molar-refractivity contribution in [1.29, 1.82) is 5.26 Å². The molecule has 2 aromatic heterocycles. The van der Waals surface area contributed by atoms with Crippen LogP contribution in [0.1, 0.15) is 59.1 Å². The number of aromatic nitrogens is 2. The summed E-state index contributed by atoms with van der Waals surface area (Å²) in [5.41, 5.74) is 4.12. The van der Waals surface area contributed by atoms with Crippen LogP contribution in [0.25, 0.3) is 0 Å². The number of thiophene rings is 1. The van der Waals surface area contributed by atoms with Crippen LogP contribution in [0.3, 0.4) is 0 Å². The van der Waals surface area contributed by atoms with Gasteiger partial charge in [-0.15, -0.1) is 11.3 Å². The molecule has 0 fully saturated rings. The number of hydrogen-bond acceptors (Lipinski definition) is 6. The van der Waals surface area contributed by atoms with E-state index in [0.717, 1.165) is 54.6 Å². The molecule has 0 saturated heterocycles. The summed E-state index contributed by atoms with van der Waals surface area (Å²) in [4.78, 5) is 26.1. The van der Waals surface area contributed by atoms with Crippen molar-refractivity contribution in [2.45, 2.75) is 65.4 Å². The molecular weight excluding hydrogens is 388 g/mol. The third-order valence-corrected chi connectivity index (χ3v) is 6.63. The fourth-order valence-electron chi connectivity index (χ4n) is 3.67. The Labute approximate surface area is 174 Å². The lowest BCUT2D eigenvalue weighted by Crippen LogP contribution is -2.30. The summed E-state index contributed by atoms with van der Waals surface area (Å²) in [6.45, 7) is 5.28. The van der Waals surface area contributed by atoms with Gasteiger partial charge in [0.2, 0.25) is 0 Å². The van der Waals surface area contributed by atoms with E-state index in [0.29, 0.717) is 10.6 Å². The second-order valence-corrected chi connectivity index (χ2v) is 8.56. The molecule has 0 aromatic carbocycles. The third-order valence-electron chi connectivity index (χ3n) is 5.43. The van der Waals surface area contributed by atoms with Crippen molar-refractivity contribution in [3.63, 3.8) is 0 Å². The van der Waals surface area contributed by atoms with Crippen LogP contribution in [-0.4, -0.2) is 27.8 Å². The number of carbonyl (C=O) groups excluding carboxylic acids is 2. The molecule has 154 valence electrons. The van der Waals surface area contributed by atoms with Crippen molar-refractivity contribution in [3.05, 3.63) is 33.0 Å². The molecule has 2 heterocycles. The number of amides is 1. The van der Waals surface area contributed by atoms with Gasteiger partial charge in [-0.3, -0.25) is 14.3 Å². The number of esters is 1. The maximum absolute atomic E-state index is 12.6. The summed E-state index contributed by atoms with van der Waals surface area (Å²) >= 11 is 1.47. The van der Waals surface area contributed by atoms with Gasteiger partial charge in [-0.2, -0.15) is 10.4 Å². The lowest BCUT2D eigenvalue weighted by atomic mass is 10.1. The molecule has 1 unspecified atom stereocenters. The summed E-state index contributed by atoms with van der Waals surface area (Å²) < 4.78 is 7.06. The minimum absolute atomic E-state index is 0.0693. The number of nitrogens with one attached hydrogen (secondary N) is 1. The van der Waals surface area contributed by atoms with E-state index in [1.807, 2.05) is 20.9 Å². The highest BCUT2D eigenvalue weighted by Gasteiger charge is 2.25. The van der Waals surface area contributed by atoms with Crippen molar-refractivity contribution in [2.24, 2.45) is 7.05 Å². The Balaban J connectivity index is 1.65. The number of nitrogens with zero attached hydrogens (tertiary/aromatic N) is 3. The van der Waals surface area contributed by atoms with Crippen LogP contribution in [0, 0.1) is 25.2 Å². The smallest absolute Gasteiger partial charge is 0.311 e. The van der Waals surface area contributed by atoms with Crippen molar-refractivity contribution >= 4 is 28.2 Å². The Kier molecular flexibility index (Phi) is 6.38. The molecule has 1 amide bonds. The average molecular weight is 415 g/mol. The van der Waals surface area contributed by atoms with Crippen molar-refractivity contribution in [1.82, 2.24) is 9.78 Å². The van der Waals surface area contributed by atoms with Crippen molar-refractivity contribution in [2.75, 3.05) is 5.32 Å². The van der Waals surface area contributed by atoms with Crippen LogP contribution >= 0.6 is 11.3 Å². The van der Waals surface area contributed by atoms with Gasteiger partial charge in [0.05, 0.1) is 17.7 Å². The number of rotatable bonds is 5. The third kappa shape index (κ3) is 4.51. The zero-order valence-corrected chi connectivity index (χ0v) is 18.1. The fraction of sp³-hybridized carbons (Fsp3) is 0.524. The molecular formula is C21H26N4O3S. The number of anilines is 1. The first kappa shape index (κ1) is 21.1. The average Bonchev–Trinajstić information content (AvgIpc) is 2.99. The number of hydrogen-bond donors (Lipinski definition) is 1. The van der Waals surface area contributed by atoms with Crippen LogP contribution < -0.4 is 5.32 Å². The molecule has 7 nitrogen and oxygen atoms in total. The van der Waals surface area contributed by atoms with Gasteiger partial charge in [-0.05, 0) is 52.0 Å². The van der Waals surface area contributed by atoms with E-state index in [4.69, 9.17) is 4.74 Å². The maximum atomic E-state index is 12.6. The number of carbonyl (C=O) groups is 2. The first-order valence-corrected chi connectivity index (χ1v) is 10.7. The van der Waals surface area contributed by atoms with Gasteiger partial charge >= 0.3 is 5.97 Å². The fourth-order valence-corrected chi connectivity index (χ4v) is 4.92. The lowest BCUT2D eigenvalue weighted by molar-refractivity contribution is -0.152. The first-order chi connectivity index (χ1) is 13.8. The van der Waals surface area contributed by atoms with Crippen LogP contribution in [0.5, 0.6) is 0 Å². The molecule has 0 saturated carbocycles. The topological polar surface area (TPSA) is 97.0 Å². The van der Waals surface area contributed by atoms with Crippen LogP contribution in [-0.2, 0) is 40.6 Å². The summed E-state index contributed by atoms with van der Waals surface area (Å²) in [6.07, 6.45) is 4.27. The second-order valence-electron chi connectivity index (χ2n) is 7.45. The van der Waals surface area contributed by atoms with E-state index in [9.17, 15) is 14.9 Å². The quantitative estimate of drug-likeness (QED) is 0.598. The van der Waals surface area contributed by atoms with Crippen LogP contribution in [0.2, 0.25) is 0 Å². The van der Waals surface area contributed by atoms with E-state index >= 15 is 0 Å². The number of fused-ring (bicyclic) bond motifs is 1. The molecule has 29 heavy (non-hydrogen) atoms. The minimum atomic E-state index is -0.951. The van der Waals surface area contributed by atoms with Gasteiger partial charge in [-0.25, -0.2) is 0 Å². The Morgan fingerprint density at radius 3 is 2.69 bits per heavy atom. The summed E-state index contributed by atoms with van der Waals surface area (Å²) in [7, 11) is 1.82. The Morgan fingerprint density at radius 2 is 2.03 bits per heavy atom. The normalized spacial score (nSPS) is 14.4. The molecule has 1 atom stereocenters. The zero-order valence-electron chi connectivity index (χ0n) is 17.3. The summed E-state index contributed by atoms with van der Waals surface area (Å²) in [6, 6.07) is 2.24. The van der Waals surface area contributed by atoms with E-state index < -0.39 is 18.0 Å². The first-order valence-electron chi connectivity index (χ1n) is 9.85. The van der Waals surface area contributed by atoms with Crippen molar-refractivity contribution in [3.8, 4) is 6.07 Å². The Morgan fingerprint density at radius 1 is 1.31 bits per heavy atom. The SMILES string of the molecule is Cc1nn(C)c(C)c1CC(=O)OC(C)C(=O)Nc1sc2c(c1C#N)CCCCC2. The highest BCUT2D eigenvalue weighted by molar-refractivity contribution is 7.16. The van der Waals surface area contributed by atoms with E-state index in [-0.39, 0.29) is 6.42 Å². The van der Waals surface area contributed by atoms with Crippen molar-refractivity contribution < 1.29 is 14.3 Å². The lowest BCUT2D eigenvalue weighted by Gasteiger charge is -2.13. The summed E-state index contributed by atoms with van der Waals surface area (Å²) in [5, 5.41) is 17.2. The van der Waals surface area contributed by atoms with Gasteiger partial charge in [-0.1, -0.05) is 6.42 Å². The second kappa shape index (κ2) is 8.78. The highest BCUT2D eigenvalue weighted by Crippen LogP contribution is 2.37. The Bertz CT molecular complexity index is 983. The summed E-state index contributed by atoms with van der Waals surface area (Å²) in [5.74, 6) is -0.903. The van der Waals surface area contributed by atoms with E-state index in [1.165, 1.54) is 16.2 Å². The maximum Gasteiger partial charge on any atom is 0.311 e. The van der Waals surface area contributed by atoms with Gasteiger partial charge in [0.25, 0.3) is 5.91 Å². The van der Waals surface area contributed by atoms with Gasteiger partial charge in [0.15, 0.2) is 6.10 Å². The van der Waals surface area contributed by atoms with Gasteiger partial charge < -0.3 is 10.1 Å². The monoisotopic (exact) mass is 414 g/mol. The molecule has 0 aliphatic heterocycles. The van der Waals surface area contributed by atoms with Gasteiger partial charge in [0, 0.05) is 23.2 Å². The van der Waals surface area contributed by atoms with E-state index in [2.05, 4.69) is 16.5 Å². The predicted octanol–water partition coefficient (Wildman–Crippen LogP) is 3.35. The molecule has 0 radical (unpaired) electrons. The molecule has 1 aliphatic carbocycles. The molecule has 8 heteroatoms.